The lowest BCUT2D eigenvalue weighted by Gasteiger charge is -2.34. The van der Waals surface area contributed by atoms with Crippen molar-refractivity contribution < 1.29 is 18.0 Å². The number of furan rings is 1. The molecule has 0 saturated carbocycles. The fourth-order valence-corrected chi connectivity index (χ4v) is 2.87. The van der Waals surface area contributed by atoms with Crippen LogP contribution in [-0.2, 0) is 17.9 Å². The van der Waals surface area contributed by atoms with Crippen molar-refractivity contribution in [3.05, 3.63) is 41.6 Å². The predicted octanol–water partition coefficient (Wildman–Crippen LogP) is 2.07. The summed E-state index contributed by atoms with van der Waals surface area (Å²) in [6.07, 6.45) is -0.994. The maximum atomic E-state index is 13.0. The van der Waals surface area contributed by atoms with E-state index in [-0.39, 0.29) is 18.1 Å². The summed E-state index contributed by atoms with van der Waals surface area (Å²) in [6.45, 7) is 4.81. The van der Waals surface area contributed by atoms with E-state index in [1.807, 2.05) is 12.1 Å². The number of nitrogens with zero attached hydrogens (tertiary/aromatic N) is 4. The van der Waals surface area contributed by atoms with E-state index in [2.05, 4.69) is 10.00 Å². The molecule has 1 saturated heterocycles. The molecule has 2 aromatic rings. The normalized spacial score (nSPS) is 16.1. The van der Waals surface area contributed by atoms with Gasteiger partial charge in [-0.05, 0) is 25.1 Å². The standard InChI is InChI=1S/C16H20F2N4O2/c1-12-9-14(16(17)18)22(19-12)11-15(23)21-6-4-20(5-7-21)10-13-3-2-8-24-13/h2-3,8-9,16H,4-7,10-11H2,1H3. The molecule has 6 nitrogen and oxygen atoms in total. The first kappa shape index (κ1) is 16.6. The summed E-state index contributed by atoms with van der Waals surface area (Å²) in [4.78, 5) is 16.3. The summed E-state index contributed by atoms with van der Waals surface area (Å²) in [6, 6.07) is 5.09. The highest BCUT2D eigenvalue weighted by molar-refractivity contribution is 5.76. The highest BCUT2D eigenvalue weighted by atomic mass is 19.3. The third kappa shape index (κ3) is 3.81. The Morgan fingerprint density at radius 3 is 2.71 bits per heavy atom. The van der Waals surface area contributed by atoms with Gasteiger partial charge >= 0.3 is 0 Å². The van der Waals surface area contributed by atoms with Crippen LogP contribution in [0.5, 0.6) is 0 Å². The molecular formula is C16H20F2N4O2. The van der Waals surface area contributed by atoms with Gasteiger partial charge in [0.1, 0.15) is 18.0 Å². The molecule has 130 valence electrons. The van der Waals surface area contributed by atoms with Crippen molar-refractivity contribution in [3.8, 4) is 0 Å². The fourth-order valence-electron chi connectivity index (χ4n) is 2.87. The number of carbonyl (C=O) groups excluding carboxylic acids is 1. The Hall–Kier alpha value is -2.22. The number of carbonyl (C=O) groups is 1. The molecule has 0 unspecified atom stereocenters. The van der Waals surface area contributed by atoms with Gasteiger partial charge in [-0.15, -0.1) is 0 Å². The Morgan fingerprint density at radius 2 is 2.08 bits per heavy atom. The molecule has 24 heavy (non-hydrogen) atoms. The Kier molecular flexibility index (Phi) is 4.94. The molecular weight excluding hydrogens is 318 g/mol. The number of rotatable bonds is 5. The monoisotopic (exact) mass is 338 g/mol. The molecule has 3 heterocycles. The van der Waals surface area contributed by atoms with Gasteiger partial charge in [-0.25, -0.2) is 8.78 Å². The molecule has 1 fully saturated rings. The van der Waals surface area contributed by atoms with E-state index in [0.717, 1.165) is 23.5 Å². The first-order valence-corrected chi connectivity index (χ1v) is 7.88. The van der Waals surface area contributed by atoms with Gasteiger partial charge in [0.05, 0.1) is 18.5 Å². The number of piperazine rings is 1. The largest absolute Gasteiger partial charge is 0.468 e. The van der Waals surface area contributed by atoms with Crippen LogP contribution in [0.2, 0.25) is 0 Å². The van der Waals surface area contributed by atoms with Crippen molar-refractivity contribution in [3.63, 3.8) is 0 Å². The average Bonchev–Trinajstić information content (AvgIpc) is 3.17. The van der Waals surface area contributed by atoms with Crippen molar-refractivity contribution in [2.75, 3.05) is 26.2 Å². The molecule has 1 aliphatic rings. The number of amides is 1. The Balaban J connectivity index is 1.54. The van der Waals surface area contributed by atoms with Gasteiger partial charge in [0.2, 0.25) is 5.91 Å². The van der Waals surface area contributed by atoms with E-state index >= 15 is 0 Å². The van der Waals surface area contributed by atoms with Gasteiger partial charge in [0, 0.05) is 26.2 Å². The third-order valence-electron chi connectivity index (χ3n) is 4.13. The second kappa shape index (κ2) is 7.12. The van der Waals surface area contributed by atoms with E-state index in [1.54, 1.807) is 18.1 Å². The number of alkyl halides is 2. The summed E-state index contributed by atoms with van der Waals surface area (Å²) in [5.41, 5.74) is 0.277. The minimum absolute atomic E-state index is 0.147. The maximum absolute atomic E-state index is 13.0. The van der Waals surface area contributed by atoms with Crippen LogP contribution in [0.3, 0.4) is 0 Å². The Morgan fingerprint density at radius 1 is 1.33 bits per heavy atom. The summed E-state index contributed by atoms with van der Waals surface area (Å²) in [5, 5.41) is 4.00. The van der Waals surface area contributed by atoms with Crippen molar-refractivity contribution in [2.24, 2.45) is 0 Å². The lowest BCUT2D eigenvalue weighted by atomic mass is 10.3. The zero-order chi connectivity index (χ0) is 17.1. The van der Waals surface area contributed by atoms with Gasteiger partial charge in [0.25, 0.3) is 6.43 Å². The molecule has 3 rings (SSSR count). The van der Waals surface area contributed by atoms with E-state index in [4.69, 9.17) is 4.42 Å². The number of hydrogen-bond donors (Lipinski definition) is 0. The highest BCUT2D eigenvalue weighted by Crippen LogP contribution is 2.20. The molecule has 0 bridgehead atoms. The van der Waals surface area contributed by atoms with Crippen LogP contribution in [-0.4, -0.2) is 51.7 Å². The molecule has 2 aromatic heterocycles. The summed E-state index contributed by atoms with van der Waals surface area (Å²) >= 11 is 0. The van der Waals surface area contributed by atoms with E-state index in [1.165, 1.54) is 6.07 Å². The van der Waals surface area contributed by atoms with Crippen LogP contribution in [0.15, 0.2) is 28.9 Å². The smallest absolute Gasteiger partial charge is 0.280 e. The minimum Gasteiger partial charge on any atom is -0.468 e. The van der Waals surface area contributed by atoms with Crippen molar-refractivity contribution in [1.82, 2.24) is 19.6 Å². The summed E-state index contributed by atoms with van der Waals surface area (Å²) < 4.78 is 32.4. The number of aromatic nitrogens is 2. The van der Waals surface area contributed by atoms with Gasteiger partial charge in [-0.2, -0.15) is 5.10 Å². The average molecular weight is 338 g/mol. The van der Waals surface area contributed by atoms with Gasteiger partial charge < -0.3 is 9.32 Å². The SMILES string of the molecule is Cc1cc(C(F)F)n(CC(=O)N2CCN(Cc3ccco3)CC2)n1. The number of hydrogen-bond acceptors (Lipinski definition) is 4. The number of aryl methyl sites for hydroxylation is 1. The molecule has 0 aliphatic carbocycles. The third-order valence-corrected chi connectivity index (χ3v) is 4.13. The molecule has 0 spiro atoms. The first-order chi connectivity index (χ1) is 11.5. The second-order valence-corrected chi connectivity index (χ2v) is 5.91. The van der Waals surface area contributed by atoms with Gasteiger partial charge in [-0.1, -0.05) is 0 Å². The van der Waals surface area contributed by atoms with Crippen LogP contribution in [0, 0.1) is 6.92 Å². The maximum Gasteiger partial charge on any atom is 0.280 e. The Labute approximate surface area is 138 Å². The van der Waals surface area contributed by atoms with Crippen molar-refractivity contribution in [1.29, 1.82) is 0 Å². The molecule has 0 aromatic carbocycles. The fraction of sp³-hybridized carbons (Fsp3) is 0.500. The van der Waals surface area contributed by atoms with Crippen LogP contribution >= 0.6 is 0 Å². The lowest BCUT2D eigenvalue weighted by molar-refractivity contribution is -0.134. The molecule has 1 amide bonds. The highest BCUT2D eigenvalue weighted by Gasteiger charge is 2.24. The van der Waals surface area contributed by atoms with Crippen LogP contribution in [0.4, 0.5) is 8.78 Å². The van der Waals surface area contributed by atoms with E-state index < -0.39 is 6.43 Å². The van der Waals surface area contributed by atoms with Crippen LogP contribution < -0.4 is 0 Å². The Bertz CT molecular complexity index is 676. The van der Waals surface area contributed by atoms with Crippen LogP contribution in [0.1, 0.15) is 23.6 Å². The zero-order valence-electron chi connectivity index (χ0n) is 13.5. The zero-order valence-corrected chi connectivity index (χ0v) is 13.5. The second-order valence-electron chi connectivity index (χ2n) is 5.91. The summed E-state index contributed by atoms with van der Waals surface area (Å²) in [5.74, 6) is 0.709. The molecule has 0 radical (unpaired) electrons. The predicted molar refractivity (Wildman–Crippen MR) is 82.5 cm³/mol. The molecule has 0 N–H and O–H groups in total. The molecule has 0 atom stereocenters. The van der Waals surface area contributed by atoms with Crippen molar-refractivity contribution in [2.45, 2.75) is 26.4 Å². The van der Waals surface area contributed by atoms with Gasteiger partial charge in [0.15, 0.2) is 0 Å². The minimum atomic E-state index is -2.64. The topological polar surface area (TPSA) is 54.5 Å². The summed E-state index contributed by atoms with van der Waals surface area (Å²) in [7, 11) is 0. The number of halogens is 2. The van der Waals surface area contributed by atoms with E-state index in [0.29, 0.717) is 25.3 Å². The molecule has 1 aliphatic heterocycles. The lowest BCUT2D eigenvalue weighted by Crippen LogP contribution is -2.49. The quantitative estimate of drug-likeness (QED) is 0.837. The van der Waals surface area contributed by atoms with E-state index in [9.17, 15) is 13.6 Å². The van der Waals surface area contributed by atoms with Gasteiger partial charge in [-0.3, -0.25) is 14.4 Å². The molecule has 8 heteroatoms. The first-order valence-electron chi connectivity index (χ1n) is 7.88. The van der Waals surface area contributed by atoms with Crippen molar-refractivity contribution >= 4 is 5.91 Å². The van der Waals surface area contributed by atoms with Crippen LogP contribution in [0.25, 0.3) is 0 Å².